The van der Waals surface area contributed by atoms with Gasteiger partial charge in [0.2, 0.25) is 0 Å². The van der Waals surface area contributed by atoms with Crippen molar-refractivity contribution in [2.75, 3.05) is 14.1 Å². The van der Waals surface area contributed by atoms with Crippen molar-refractivity contribution in [3.05, 3.63) is 12.3 Å². The lowest BCUT2D eigenvalue weighted by molar-refractivity contribution is 1.11. The molecular weight excluding hydrogens is 88.1 g/mol. The fraction of sp³-hybridized carbons (Fsp3) is 0.400. The van der Waals surface area contributed by atoms with Crippen LogP contribution in [0.5, 0.6) is 0 Å². The van der Waals surface area contributed by atoms with Gasteiger partial charge in [0.15, 0.2) is 0 Å². The predicted octanol–water partition coefficient (Wildman–Crippen LogP) is 0.420. The molecule has 0 bridgehead atoms. The number of hydrogen-bond acceptors (Lipinski definition) is 2. The highest BCUT2D eigenvalue weighted by atomic mass is 14.8. The van der Waals surface area contributed by atoms with Crippen molar-refractivity contribution in [3.8, 4) is 0 Å². The number of allylic oxidation sites excluding steroid dienone is 1. The maximum atomic E-state index is 3.72. The highest BCUT2D eigenvalue weighted by molar-refractivity contribution is 5.70. The van der Waals surface area contributed by atoms with E-state index in [0.29, 0.717) is 0 Å². The summed E-state index contributed by atoms with van der Waals surface area (Å²) >= 11 is 0. The molecule has 0 heterocycles. The third-order valence-corrected chi connectivity index (χ3v) is 0.498. The zero-order valence-corrected chi connectivity index (χ0v) is 4.68. The number of hydrogen-bond donors (Lipinski definition) is 1. The van der Waals surface area contributed by atoms with E-state index in [9.17, 15) is 0 Å². The van der Waals surface area contributed by atoms with E-state index in [0.717, 1.165) is 0 Å². The summed E-state index contributed by atoms with van der Waals surface area (Å²) < 4.78 is 0. The zero-order chi connectivity index (χ0) is 5.54. The zero-order valence-electron chi connectivity index (χ0n) is 4.68. The first-order valence-electron chi connectivity index (χ1n) is 2.16. The van der Waals surface area contributed by atoms with Gasteiger partial charge < -0.3 is 5.32 Å². The average molecular weight is 98.1 g/mol. The largest absolute Gasteiger partial charge is 0.394 e. The van der Waals surface area contributed by atoms with Gasteiger partial charge in [-0.25, -0.2) is 0 Å². The van der Waals surface area contributed by atoms with E-state index in [1.165, 1.54) is 0 Å². The van der Waals surface area contributed by atoms with Gasteiger partial charge in [-0.2, -0.15) is 0 Å². The molecule has 0 fully saturated rings. The summed E-state index contributed by atoms with van der Waals surface area (Å²) in [6.07, 6.45) is 5.36. The lowest BCUT2D eigenvalue weighted by Crippen LogP contribution is -1.90. The summed E-state index contributed by atoms with van der Waals surface area (Å²) in [5.41, 5.74) is 0. The quantitative estimate of drug-likeness (QED) is 0.497. The molecule has 0 rings (SSSR count). The predicted molar refractivity (Wildman–Crippen MR) is 32.6 cm³/mol. The molecule has 1 N–H and O–H groups in total. The lowest BCUT2D eigenvalue weighted by Gasteiger charge is -1.77. The van der Waals surface area contributed by atoms with Gasteiger partial charge in [-0.1, -0.05) is 0 Å². The second kappa shape index (κ2) is 5.21. The van der Waals surface area contributed by atoms with Crippen molar-refractivity contribution in [3.63, 3.8) is 0 Å². The van der Waals surface area contributed by atoms with Gasteiger partial charge in [-0.3, -0.25) is 4.99 Å². The Morgan fingerprint density at radius 3 is 2.71 bits per heavy atom. The van der Waals surface area contributed by atoms with Crippen LogP contribution in [0.3, 0.4) is 0 Å². The molecule has 0 aliphatic rings. The standard InChI is InChI=1S/C5H10N2/c1-6-4-3-5-7-2/h3-6H,1-2H3. The van der Waals surface area contributed by atoms with Gasteiger partial charge in [0.1, 0.15) is 0 Å². The summed E-state index contributed by atoms with van der Waals surface area (Å²) in [4.78, 5) is 3.72. The smallest absolute Gasteiger partial charge is 0.0277 e. The van der Waals surface area contributed by atoms with Crippen molar-refractivity contribution < 1.29 is 0 Å². The third kappa shape index (κ3) is 5.21. The fourth-order valence-electron chi connectivity index (χ4n) is 0.225. The number of aliphatic imine (C=N–C) groups is 1. The van der Waals surface area contributed by atoms with Crippen molar-refractivity contribution in [1.82, 2.24) is 5.32 Å². The van der Waals surface area contributed by atoms with Crippen LogP contribution in [0.25, 0.3) is 0 Å². The molecule has 0 saturated carbocycles. The van der Waals surface area contributed by atoms with Gasteiger partial charge in [0.25, 0.3) is 0 Å². The molecule has 0 saturated heterocycles. The molecule has 0 unspecified atom stereocenters. The van der Waals surface area contributed by atoms with E-state index >= 15 is 0 Å². The van der Waals surface area contributed by atoms with Crippen LogP contribution in [-0.2, 0) is 0 Å². The topological polar surface area (TPSA) is 24.4 Å². The molecule has 0 aromatic rings. The van der Waals surface area contributed by atoms with Crippen LogP contribution in [-0.4, -0.2) is 20.3 Å². The molecule has 7 heavy (non-hydrogen) atoms. The van der Waals surface area contributed by atoms with E-state index in [4.69, 9.17) is 0 Å². The van der Waals surface area contributed by atoms with Gasteiger partial charge >= 0.3 is 0 Å². The summed E-state index contributed by atoms with van der Waals surface area (Å²) in [5, 5.41) is 2.83. The molecule has 2 heteroatoms. The molecule has 0 atom stereocenters. The Hall–Kier alpha value is -0.790. The Bertz CT molecular complexity index is 74.1. The van der Waals surface area contributed by atoms with Crippen molar-refractivity contribution >= 4 is 6.21 Å². The monoisotopic (exact) mass is 98.1 g/mol. The van der Waals surface area contributed by atoms with E-state index in [-0.39, 0.29) is 0 Å². The third-order valence-electron chi connectivity index (χ3n) is 0.498. The summed E-state index contributed by atoms with van der Waals surface area (Å²) in [6, 6.07) is 0. The van der Waals surface area contributed by atoms with Crippen LogP contribution in [0.2, 0.25) is 0 Å². The van der Waals surface area contributed by atoms with Crippen LogP contribution >= 0.6 is 0 Å². The average Bonchev–Trinajstić information content (AvgIpc) is 1.69. The van der Waals surface area contributed by atoms with E-state index in [2.05, 4.69) is 10.3 Å². The minimum Gasteiger partial charge on any atom is -0.394 e. The van der Waals surface area contributed by atoms with Crippen LogP contribution in [0, 0.1) is 0 Å². The second-order valence-electron chi connectivity index (χ2n) is 1.06. The first-order chi connectivity index (χ1) is 3.41. The molecule has 0 aromatic heterocycles. The Labute approximate surface area is 44.0 Å². The van der Waals surface area contributed by atoms with Gasteiger partial charge in [0.05, 0.1) is 0 Å². The van der Waals surface area contributed by atoms with Crippen LogP contribution in [0.15, 0.2) is 17.3 Å². The van der Waals surface area contributed by atoms with Crippen LogP contribution < -0.4 is 5.32 Å². The number of nitrogens with zero attached hydrogens (tertiary/aromatic N) is 1. The molecule has 40 valence electrons. The minimum atomic E-state index is 1.72. The second-order valence-corrected chi connectivity index (χ2v) is 1.06. The number of rotatable bonds is 2. The first-order valence-corrected chi connectivity index (χ1v) is 2.16. The Morgan fingerprint density at radius 2 is 2.29 bits per heavy atom. The summed E-state index contributed by atoms with van der Waals surface area (Å²) in [7, 11) is 3.58. The van der Waals surface area contributed by atoms with E-state index < -0.39 is 0 Å². The Balaban J connectivity index is 3.09. The Morgan fingerprint density at radius 1 is 1.57 bits per heavy atom. The molecule has 2 nitrogen and oxygen atoms in total. The Kier molecular flexibility index (Phi) is 4.62. The molecule has 0 spiro atoms. The van der Waals surface area contributed by atoms with Crippen molar-refractivity contribution in [2.45, 2.75) is 0 Å². The van der Waals surface area contributed by atoms with Gasteiger partial charge in [-0.15, -0.1) is 0 Å². The fourth-order valence-corrected chi connectivity index (χ4v) is 0.225. The summed E-state index contributed by atoms with van der Waals surface area (Å²) in [5.74, 6) is 0. The molecule has 0 radical (unpaired) electrons. The maximum absolute atomic E-state index is 3.72. The minimum absolute atomic E-state index is 1.72. The first kappa shape index (κ1) is 6.21. The number of nitrogens with one attached hydrogen (secondary N) is 1. The van der Waals surface area contributed by atoms with Crippen LogP contribution in [0.4, 0.5) is 0 Å². The molecule has 0 amide bonds. The van der Waals surface area contributed by atoms with E-state index in [1.807, 2.05) is 19.3 Å². The van der Waals surface area contributed by atoms with Gasteiger partial charge in [-0.05, 0) is 12.3 Å². The van der Waals surface area contributed by atoms with Gasteiger partial charge in [0, 0.05) is 20.3 Å². The molecule has 0 aliphatic heterocycles. The van der Waals surface area contributed by atoms with Crippen LogP contribution in [0.1, 0.15) is 0 Å². The molecule has 0 aromatic carbocycles. The maximum Gasteiger partial charge on any atom is 0.0277 e. The lowest BCUT2D eigenvalue weighted by atomic mass is 10.6. The molecule has 0 aliphatic carbocycles. The molecular formula is C5H10N2. The van der Waals surface area contributed by atoms with Crippen molar-refractivity contribution in [1.29, 1.82) is 0 Å². The normalized spacial score (nSPS) is 11.1. The SMILES string of the molecule is CN=CC=CNC. The highest BCUT2D eigenvalue weighted by Crippen LogP contribution is 1.57. The van der Waals surface area contributed by atoms with Crippen molar-refractivity contribution in [2.24, 2.45) is 4.99 Å². The highest BCUT2D eigenvalue weighted by Gasteiger charge is 1.54. The van der Waals surface area contributed by atoms with E-state index in [1.54, 1.807) is 13.3 Å². The summed E-state index contributed by atoms with van der Waals surface area (Å²) in [6.45, 7) is 0.